The lowest BCUT2D eigenvalue weighted by molar-refractivity contribution is 0.0674. The molecular formula is C17H23ClN4O. The molecule has 0 radical (unpaired) electrons. The Labute approximate surface area is 142 Å². The number of piperidine rings is 1. The largest absolute Gasteiger partial charge is 0.337 e. The lowest BCUT2D eigenvalue weighted by atomic mass is 9.91. The van der Waals surface area contributed by atoms with E-state index in [1.54, 1.807) is 10.7 Å². The highest BCUT2D eigenvalue weighted by Crippen LogP contribution is 2.21. The fraction of sp³-hybridized carbons (Fsp3) is 0.412. The fourth-order valence-electron chi connectivity index (χ4n) is 2.95. The first-order chi connectivity index (χ1) is 10.6. The van der Waals surface area contributed by atoms with Crippen LogP contribution in [0.1, 0.15) is 30.3 Å². The number of hydrogen-bond acceptors (Lipinski definition) is 3. The molecule has 1 fully saturated rings. The summed E-state index contributed by atoms with van der Waals surface area (Å²) in [5.41, 5.74) is 7.41. The predicted octanol–water partition coefficient (Wildman–Crippen LogP) is 2.49. The number of likely N-dealkylation sites (tertiary alicyclic amines) is 1. The normalized spacial score (nSPS) is 16.7. The van der Waals surface area contributed by atoms with Crippen LogP contribution in [0.5, 0.6) is 0 Å². The molecule has 0 bridgehead atoms. The lowest BCUT2D eigenvalue weighted by Crippen LogP contribution is -2.42. The van der Waals surface area contributed by atoms with E-state index in [-0.39, 0.29) is 24.4 Å². The van der Waals surface area contributed by atoms with Crippen molar-refractivity contribution in [3.05, 3.63) is 48.3 Å². The van der Waals surface area contributed by atoms with Gasteiger partial charge >= 0.3 is 0 Å². The summed E-state index contributed by atoms with van der Waals surface area (Å²) in [7, 11) is 0. The number of halogens is 1. The van der Waals surface area contributed by atoms with E-state index in [1.807, 2.05) is 48.4 Å². The van der Waals surface area contributed by atoms with Gasteiger partial charge in [0.05, 0.1) is 5.69 Å². The van der Waals surface area contributed by atoms with Gasteiger partial charge in [-0.25, -0.2) is 4.68 Å². The molecule has 6 heteroatoms. The first kappa shape index (κ1) is 17.5. The van der Waals surface area contributed by atoms with Gasteiger partial charge in [0, 0.05) is 25.3 Å². The maximum atomic E-state index is 12.5. The highest BCUT2D eigenvalue weighted by atomic mass is 35.5. The number of nitrogens with zero attached hydrogens (tertiary/aromatic N) is 3. The Hall–Kier alpha value is -1.85. The molecule has 1 aliphatic rings. The molecule has 1 amide bonds. The molecule has 1 aliphatic heterocycles. The Balaban J connectivity index is 0.00000192. The number of nitrogens with two attached hydrogens (primary N) is 1. The minimum atomic E-state index is 0. The summed E-state index contributed by atoms with van der Waals surface area (Å²) in [5.74, 6) is 0.531. The quantitative estimate of drug-likeness (QED) is 0.938. The summed E-state index contributed by atoms with van der Waals surface area (Å²) in [4.78, 5) is 14.4. The third-order valence-corrected chi connectivity index (χ3v) is 4.40. The molecule has 1 unspecified atom stereocenters. The Morgan fingerprint density at radius 1 is 1.22 bits per heavy atom. The van der Waals surface area contributed by atoms with E-state index in [0.29, 0.717) is 11.6 Å². The molecular weight excluding hydrogens is 312 g/mol. The molecule has 2 heterocycles. The van der Waals surface area contributed by atoms with Crippen molar-refractivity contribution in [1.82, 2.24) is 14.7 Å². The molecule has 0 aliphatic carbocycles. The zero-order valence-electron chi connectivity index (χ0n) is 13.3. The molecule has 5 nitrogen and oxygen atoms in total. The van der Waals surface area contributed by atoms with Crippen molar-refractivity contribution in [2.75, 3.05) is 13.1 Å². The molecule has 1 aromatic carbocycles. The maximum absolute atomic E-state index is 12.5. The van der Waals surface area contributed by atoms with Crippen LogP contribution in [0.4, 0.5) is 0 Å². The highest BCUT2D eigenvalue weighted by molar-refractivity contribution is 5.92. The van der Waals surface area contributed by atoms with Crippen molar-refractivity contribution in [3.8, 4) is 5.69 Å². The second-order valence-electron chi connectivity index (χ2n) is 5.97. The van der Waals surface area contributed by atoms with Crippen LogP contribution in [-0.2, 0) is 0 Å². The smallest absolute Gasteiger partial charge is 0.274 e. The van der Waals surface area contributed by atoms with Gasteiger partial charge in [-0.15, -0.1) is 12.4 Å². The van der Waals surface area contributed by atoms with Gasteiger partial charge in [0.1, 0.15) is 0 Å². The lowest BCUT2D eigenvalue weighted by Gasteiger charge is -2.33. The first-order valence-corrected chi connectivity index (χ1v) is 7.81. The number of para-hydroxylation sites is 1. The summed E-state index contributed by atoms with van der Waals surface area (Å²) < 4.78 is 1.74. The monoisotopic (exact) mass is 334 g/mol. The fourth-order valence-corrected chi connectivity index (χ4v) is 2.95. The maximum Gasteiger partial charge on any atom is 0.274 e. The molecule has 1 aromatic heterocycles. The highest BCUT2D eigenvalue weighted by Gasteiger charge is 2.26. The number of rotatable bonds is 3. The second kappa shape index (κ2) is 7.62. The van der Waals surface area contributed by atoms with Gasteiger partial charge in [-0.05, 0) is 43.9 Å². The Kier molecular flexibility index (Phi) is 5.80. The molecule has 23 heavy (non-hydrogen) atoms. The molecule has 124 valence electrons. The Morgan fingerprint density at radius 2 is 1.87 bits per heavy atom. The number of hydrogen-bond donors (Lipinski definition) is 1. The summed E-state index contributed by atoms with van der Waals surface area (Å²) in [6.45, 7) is 3.58. The first-order valence-electron chi connectivity index (χ1n) is 7.81. The van der Waals surface area contributed by atoms with Crippen molar-refractivity contribution in [3.63, 3.8) is 0 Å². The molecule has 2 aromatic rings. The molecule has 0 spiro atoms. The molecule has 3 rings (SSSR count). The Morgan fingerprint density at radius 3 is 2.48 bits per heavy atom. The Bertz CT molecular complexity index is 633. The van der Waals surface area contributed by atoms with Crippen molar-refractivity contribution in [2.24, 2.45) is 11.7 Å². The number of aromatic nitrogens is 2. The molecule has 2 N–H and O–H groups in total. The van der Waals surface area contributed by atoms with Crippen LogP contribution in [0.15, 0.2) is 42.6 Å². The summed E-state index contributed by atoms with van der Waals surface area (Å²) in [6.07, 6.45) is 3.78. The van der Waals surface area contributed by atoms with Crippen molar-refractivity contribution >= 4 is 18.3 Å². The van der Waals surface area contributed by atoms with Crippen LogP contribution in [-0.4, -0.2) is 39.7 Å². The van der Waals surface area contributed by atoms with E-state index in [1.165, 1.54) is 0 Å². The minimum absolute atomic E-state index is 0. The number of amides is 1. The van der Waals surface area contributed by atoms with Crippen LogP contribution in [0.2, 0.25) is 0 Å². The molecule has 1 atom stereocenters. The second-order valence-corrected chi connectivity index (χ2v) is 5.97. The molecule has 1 saturated heterocycles. The van der Waals surface area contributed by atoms with Crippen molar-refractivity contribution in [1.29, 1.82) is 0 Å². The van der Waals surface area contributed by atoms with E-state index < -0.39 is 0 Å². The van der Waals surface area contributed by atoms with Gasteiger partial charge in [0.2, 0.25) is 0 Å². The van der Waals surface area contributed by atoms with Crippen LogP contribution < -0.4 is 5.73 Å². The number of carbonyl (C=O) groups is 1. The van der Waals surface area contributed by atoms with E-state index in [9.17, 15) is 4.79 Å². The van der Waals surface area contributed by atoms with Gasteiger partial charge in [-0.2, -0.15) is 5.10 Å². The van der Waals surface area contributed by atoms with Crippen molar-refractivity contribution in [2.45, 2.75) is 25.8 Å². The van der Waals surface area contributed by atoms with Crippen LogP contribution in [0, 0.1) is 5.92 Å². The third kappa shape index (κ3) is 3.92. The number of carbonyl (C=O) groups excluding carboxylic acids is 1. The number of benzene rings is 1. The molecule has 0 saturated carbocycles. The summed E-state index contributed by atoms with van der Waals surface area (Å²) in [5, 5.41) is 4.41. The van der Waals surface area contributed by atoms with Gasteiger partial charge < -0.3 is 10.6 Å². The van der Waals surface area contributed by atoms with Gasteiger partial charge in [-0.3, -0.25) is 4.79 Å². The van der Waals surface area contributed by atoms with E-state index in [2.05, 4.69) is 5.10 Å². The third-order valence-electron chi connectivity index (χ3n) is 4.40. The van der Waals surface area contributed by atoms with Gasteiger partial charge in [0.25, 0.3) is 5.91 Å². The van der Waals surface area contributed by atoms with Crippen molar-refractivity contribution < 1.29 is 4.79 Å². The summed E-state index contributed by atoms with van der Waals surface area (Å²) in [6, 6.07) is 11.8. The van der Waals surface area contributed by atoms with Crippen LogP contribution >= 0.6 is 12.4 Å². The average molecular weight is 335 g/mol. The van der Waals surface area contributed by atoms with Gasteiger partial charge in [-0.1, -0.05) is 18.2 Å². The van der Waals surface area contributed by atoms with Crippen LogP contribution in [0.3, 0.4) is 0 Å². The summed E-state index contributed by atoms with van der Waals surface area (Å²) >= 11 is 0. The van der Waals surface area contributed by atoms with Crippen LogP contribution in [0.25, 0.3) is 5.69 Å². The average Bonchev–Trinajstić information content (AvgIpc) is 3.05. The van der Waals surface area contributed by atoms with E-state index >= 15 is 0 Å². The zero-order valence-corrected chi connectivity index (χ0v) is 14.1. The van der Waals surface area contributed by atoms with E-state index in [4.69, 9.17) is 5.73 Å². The standard InChI is InChI=1S/C17H22N4O.ClH/c1-13(18)14-7-10-20(11-8-14)17(22)16-9-12-21(19-16)15-5-3-2-4-6-15;/h2-6,9,12-14H,7-8,10-11,18H2,1H3;1H. The SMILES string of the molecule is CC(N)C1CCN(C(=O)c2ccn(-c3ccccc3)n2)CC1.Cl. The predicted molar refractivity (Wildman–Crippen MR) is 93.1 cm³/mol. The topological polar surface area (TPSA) is 64.2 Å². The minimum Gasteiger partial charge on any atom is -0.337 e. The van der Waals surface area contributed by atoms with Gasteiger partial charge in [0.15, 0.2) is 5.69 Å². The zero-order chi connectivity index (χ0) is 15.5. The van der Waals surface area contributed by atoms with E-state index in [0.717, 1.165) is 31.6 Å².